The highest BCUT2D eigenvalue weighted by molar-refractivity contribution is 5.77. The summed E-state index contributed by atoms with van der Waals surface area (Å²) in [4.78, 5) is 16.9. The van der Waals surface area contributed by atoms with Crippen molar-refractivity contribution in [2.45, 2.75) is 6.61 Å². The van der Waals surface area contributed by atoms with Crippen LogP contribution in [-0.4, -0.2) is 28.8 Å². The normalized spacial score (nSPS) is 11.2. The molecule has 0 aliphatic rings. The SMILES string of the molecule is Cn1nccc1OCc1cn2c(=O)n(C)cc(-c3ccc(O)c(F)c3)c2n1. The van der Waals surface area contributed by atoms with Crippen molar-refractivity contribution in [3.63, 3.8) is 0 Å². The number of phenols is 1. The molecule has 0 bridgehead atoms. The van der Waals surface area contributed by atoms with E-state index in [1.54, 1.807) is 49.5 Å². The lowest BCUT2D eigenvalue weighted by Crippen LogP contribution is -2.23. The first-order valence-electron chi connectivity index (χ1n) is 8.11. The Labute approximate surface area is 152 Å². The van der Waals surface area contributed by atoms with E-state index in [1.807, 2.05) is 0 Å². The molecule has 0 unspecified atom stereocenters. The van der Waals surface area contributed by atoms with Crippen molar-refractivity contribution >= 4 is 5.65 Å². The molecule has 8 nitrogen and oxygen atoms in total. The third kappa shape index (κ3) is 2.92. The number of phenolic OH excluding ortho intramolecular Hbond substituents is 1. The van der Waals surface area contributed by atoms with E-state index >= 15 is 0 Å². The number of ether oxygens (including phenoxy) is 1. The van der Waals surface area contributed by atoms with Gasteiger partial charge in [-0.3, -0.25) is 4.40 Å². The van der Waals surface area contributed by atoms with E-state index < -0.39 is 11.6 Å². The molecule has 0 atom stereocenters. The van der Waals surface area contributed by atoms with Gasteiger partial charge in [-0.1, -0.05) is 6.07 Å². The molecule has 4 rings (SSSR count). The van der Waals surface area contributed by atoms with Gasteiger partial charge in [-0.15, -0.1) is 0 Å². The molecule has 0 aliphatic carbocycles. The number of imidazole rings is 1. The molecular formula is C18H16FN5O3. The first-order valence-corrected chi connectivity index (χ1v) is 8.11. The summed E-state index contributed by atoms with van der Waals surface area (Å²) in [5.41, 5.74) is 1.69. The molecule has 0 amide bonds. The van der Waals surface area contributed by atoms with Crippen LogP contribution in [0.5, 0.6) is 11.6 Å². The molecular weight excluding hydrogens is 353 g/mol. The van der Waals surface area contributed by atoms with E-state index in [0.29, 0.717) is 28.3 Å². The van der Waals surface area contributed by atoms with Crippen LogP contribution < -0.4 is 10.4 Å². The number of halogens is 1. The molecule has 0 saturated carbocycles. The fourth-order valence-corrected chi connectivity index (χ4v) is 2.84. The number of aryl methyl sites for hydroxylation is 2. The zero-order chi connectivity index (χ0) is 19.1. The summed E-state index contributed by atoms with van der Waals surface area (Å²) < 4.78 is 23.8. The van der Waals surface area contributed by atoms with Crippen LogP contribution in [0.1, 0.15) is 5.69 Å². The van der Waals surface area contributed by atoms with Crippen LogP contribution in [0, 0.1) is 5.82 Å². The largest absolute Gasteiger partial charge is 0.505 e. The average molecular weight is 369 g/mol. The van der Waals surface area contributed by atoms with Crippen molar-refractivity contribution in [3.05, 3.63) is 64.9 Å². The molecule has 4 aromatic rings. The van der Waals surface area contributed by atoms with Gasteiger partial charge in [0, 0.05) is 38.1 Å². The third-order valence-corrected chi connectivity index (χ3v) is 4.23. The lowest BCUT2D eigenvalue weighted by atomic mass is 10.1. The van der Waals surface area contributed by atoms with Crippen molar-refractivity contribution < 1.29 is 14.2 Å². The number of aromatic hydroxyl groups is 1. The second-order valence-corrected chi connectivity index (χ2v) is 6.11. The topological polar surface area (TPSA) is 86.6 Å². The first-order chi connectivity index (χ1) is 12.9. The van der Waals surface area contributed by atoms with Gasteiger partial charge < -0.3 is 14.4 Å². The Kier molecular flexibility index (Phi) is 3.91. The number of hydrogen-bond donors (Lipinski definition) is 1. The van der Waals surface area contributed by atoms with Crippen molar-refractivity contribution in [1.82, 2.24) is 23.7 Å². The van der Waals surface area contributed by atoms with E-state index in [1.165, 1.54) is 21.1 Å². The van der Waals surface area contributed by atoms with Crippen LogP contribution in [0.15, 0.2) is 47.7 Å². The molecule has 0 aliphatic heterocycles. The number of benzene rings is 1. The molecule has 9 heteroatoms. The summed E-state index contributed by atoms with van der Waals surface area (Å²) in [7, 11) is 3.36. The van der Waals surface area contributed by atoms with Crippen LogP contribution >= 0.6 is 0 Å². The summed E-state index contributed by atoms with van der Waals surface area (Å²) in [6, 6.07) is 5.76. The van der Waals surface area contributed by atoms with Gasteiger partial charge in [-0.05, 0) is 17.7 Å². The van der Waals surface area contributed by atoms with Gasteiger partial charge in [0.05, 0.1) is 11.9 Å². The summed E-state index contributed by atoms with van der Waals surface area (Å²) in [5.74, 6) is -0.611. The summed E-state index contributed by atoms with van der Waals surface area (Å²) in [6.07, 6.45) is 4.79. The molecule has 0 spiro atoms. The van der Waals surface area contributed by atoms with Crippen molar-refractivity contribution in [3.8, 4) is 22.8 Å². The quantitative estimate of drug-likeness (QED) is 0.593. The van der Waals surface area contributed by atoms with Gasteiger partial charge in [-0.2, -0.15) is 5.10 Å². The Balaban J connectivity index is 1.79. The monoisotopic (exact) mass is 369 g/mol. The minimum absolute atomic E-state index is 0.147. The van der Waals surface area contributed by atoms with Gasteiger partial charge >= 0.3 is 5.69 Å². The molecule has 3 heterocycles. The van der Waals surface area contributed by atoms with E-state index in [9.17, 15) is 14.3 Å². The Morgan fingerprint density at radius 2 is 2.04 bits per heavy atom. The Hall–Kier alpha value is -3.62. The van der Waals surface area contributed by atoms with E-state index in [2.05, 4.69) is 10.1 Å². The molecule has 3 aromatic heterocycles. The fraction of sp³-hybridized carbons (Fsp3) is 0.167. The lowest BCUT2D eigenvalue weighted by molar-refractivity contribution is 0.275. The van der Waals surface area contributed by atoms with Crippen molar-refractivity contribution in [2.24, 2.45) is 14.1 Å². The Morgan fingerprint density at radius 3 is 2.74 bits per heavy atom. The Morgan fingerprint density at radius 1 is 1.22 bits per heavy atom. The fourth-order valence-electron chi connectivity index (χ4n) is 2.84. The average Bonchev–Trinajstić information content (AvgIpc) is 3.25. The minimum Gasteiger partial charge on any atom is -0.505 e. The highest BCUT2D eigenvalue weighted by Crippen LogP contribution is 2.27. The predicted octanol–water partition coefficient (Wildman–Crippen LogP) is 1.86. The van der Waals surface area contributed by atoms with Crippen LogP contribution in [0.25, 0.3) is 16.8 Å². The van der Waals surface area contributed by atoms with Gasteiger partial charge in [0.1, 0.15) is 6.61 Å². The van der Waals surface area contributed by atoms with Crippen LogP contribution in [0.2, 0.25) is 0 Å². The van der Waals surface area contributed by atoms with E-state index in [0.717, 1.165) is 0 Å². The number of fused-ring (bicyclic) bond motifs is 1. The summed E-state index contributed by atoms with van der Waals surface area (Å²) in [5, 5.41) is 13.4. The number of nitrogens with zero attached hydrogens (tertiary/aromatic N) is 5. The summed E-state index contributed by atoms with van der Waals surface area (Å²) >= 11 is 0. The standard InChI is InChI=1S/C18H16FN5O3/c1-22-9-13(11-3-4-15(25)14(19)7-11)17-21-12(8-24(17)18(22)26)10-27-16-5-6-20-23(16)2/h3-9,25H,10H2,1-2H3. The molecule has 1 N–H and O–H groups in total. The van der Waals surface area contributed by atoms with Gasteiger partial charge in [0.15, 0.2) is 17.2 Å². The zero-order valence-electron chi connectivity index (χ0n) is 14.6. The maximum atomic E-state index is 13.8. The highest BCUT2D eigenvalue weighted by atomic mass is 19.1. The first kappa shape index (κ1) is 16.8. The lowest BCUT2D eigenvalue weighted by Gasteiger charge is -2.07. The predicted molar refractivity (Wildman–Crippen MR) is 95.0 cm³/mol. The van der Waals surface area contributed by atoms with Crippen molar-refractivity contribution in [1.29, 1.82) is 0 Å². The van der Waals surface area contributed by atoms with Crippen LogP contribution in [0.4, 0.5) is 4.39 Å². The minimum atomic E-state index is -0.745. The van der Waals surface area contributed by atoms with Gasteiger partial charge in [0.25, 0.3) is 0 Å². The molecule has 1 aromatic carbocycles. The summed E-state index contributed by atoms with van der Waals surface area (Å²) in [6.45, 7) is 0.147. The zero-order valence-corrected chi connectivity index (χ0v) is 14.6. The Bertz CT molecular complexity index is 1210. The van der Waals surface area contributed by atoms with Crippen LogP contribution in [-0.2, 0) is 20.7 Å². The smallest absolute Gasteiger partial charge is 0.333 e. The molecule has 0 saturated heterocycles. The molecule has 0 fully saturated rings. The number of aromatic nitrogens is 5. The van der Waals surface area contributed by atoms with Crippen LogP contribution in [0.3, 0.4) is 0 Å². The third-order valence-electron chi connectivity index (χ3n) is 4.23. The van der Waals surface area contributed by atoms with Gasteiger partial charge in [0.2, 0.25) is 5.88 Å². The molecule has 0 radical (unpaired) electrons. The number of rotatable bonds is 4. The maximum Gasteiger partial charge on any atom is 0.333 e. The molecule has 138 valence electrons. The highest BCUT2D eigenvalue weighted by Gasteiger charge is 2.15. The van der Waals surface area contributed by atoms with Crippen molar-refractivity contribution in [2.75, 3.05) is 0 Å². The van der Waals surface area contributed by atoms with E-state index in [-0.39, 0.29) is 12.3 Å². The molecule has 27 heavy (non-hydrogen) atoms. The van der Waals surface area contributed by atoms with Gasteiger partial charge in [-0.25, -0.2) is 18.9 Å². The second-order valence-electron chi connectivity index (χ2n) is 6.11. The maximum absolute atomic E-state index is 13.8. The number of hydrogen-bond acceptors (Lipinski definition) is 5. The second kappa shape index (κ2) is 6.27. The van der Waals surface area contributed by atoms with E-state index in [4.69, 9.17) is 4.74 Å².